The van der Waals surface area contributed by atoms with E-state index in [1.807, 2.05) is 30.3 Å². The van der Waals surface area contributed by atoms with Crippen LogP contribution in [0.4, 0.5) is 0 Å². The standard InChI is InChI=1S/C19H28O10/c1-9-12(21)17(29-19-15(24)14(23)13(22)11(7-20)28-19)16(25)18(27-9)26-8-10-5-3-2-4-6-10/h2-6,9,11-25H,7-8H2,1H3/t9-,11+,12+,13-,14-,15+,16-,17+,18+,19+/m0/s1. The molecule has 10 heteroatoms. The molecule has 2 saturated heterocycles. The molecule has 0 spiro atoms. The van der Waals surface area contributed by atoms with Gasteiger partial charge in [-0.15, -0.1) is 0 Å². The van der Waals surface area contributed by atoms with E-state index in [-0.39, 0.29) is 6.61 Å². The van der Waals surface area contributed by atoms with Crippen molar-refractivity contribution in [2.24, 2.45) is 0 Å². The van der Waals surface area contributed by atoms with Crippen molar-refractivity contribution in [3.63, 3.8) is 0 Å². The minimum Gasteiger partial charge on any atom is -0.394 e. The molecule has 10 atom stereocenters. The SMILES string of the molecule is C[C@@H]1O[C@@H](OCc2ccccc2)[C@@H](O)[C@H](O[C@H]2O[C@H](CO)[C@H](O)[C@H](O)[C@H]2O)[C@@H]1O. The van der Waals surface area contributed by atoms with E-state index in [4.69, 9.17) is 18.9 Å². The highest BCUT2D eigenvalue weighted by Gasteiger charge is 2.50. The Balaban J connectivity index is 1.68. The van der Waals surface area contributed by atoms with Gasteiger partial charge in [0.05, 0.1) is 19.3 Å². The lowest BCUT2D eigenvalue weighted by Crippen LogP contribution is -2.64. The van der Waals surface area contributed by atoms with Crippen LogP contribution in [-0.4, -0.2) is 98.7 Å². The molecule has 2 aliphatic rings. The average molecular weight is 416 g/mol. The second kappa shape index (κ2) is 9.75. The highest BCUT2D eigenvalue weighted by molar-refractivity contribution is 5.13. The topological polar surface area (TPSA) is 158 Å². The Bertz CT molecular complexity index is 629. The second-order valence-electron chi connectivity index (χ2n) is 7.29. The van der Waals surface area contributed by atoms with Gasteiger partial charge in [0.15, 0.2) is 12.6 Å². The molecule has 3 rings (SSSR count). The molecule has 164 valence electrons. The first-order valence-corrected chi connectivity index (χ1v) is 9.46. The number of rotatable bonds is 6. The maximum Gasteiger partial charge on any atom is 0.187 e. The summed E-state index contributed by atoms with van der Waals surface area (Å²) in [5, 5.41) is 60.2. The molecule has 0 aliphatic carbocycles. The van der Waals surface area contributed by atoms with Crippen molar-refractivity contribution in [2.45, 2.75) is 74.9 Å². The molecule has 2 heterocycles. The molecule has 2 aliphatic heterocycles. The molecule has 10 nitrogen and oxygen atoms in total. The van der Waals surface area contributed by atoms with Crippen LogP contribution in [0.5, 0.6) is 0 Å². The van der Waals surface area contributed by atoms with Crippen LogP contribution in [0.3, 0.4) is 0 Å². The van der Waals surface area contributed by atoms with Crippen molar-refractivity contribution in [3.05, 3.63) is 35.9 Å². The Kier molecular flexibility index (Phi) is 7.57. The van der Waals surface area contributed by atoms with Gasteiger partial charge >= 0.3 is 0 Å². The summed E-state index contributed by atoms with van der Waals surface area (Å²) in [6, 6.07) is 9.23. The number of aliphatic hydroxyl groups is 6. The zero-order valence-electron chi connectivity index (χ0n) is 15.9. The van der Waals surface area contributed by atoms with Crippen LogP contribution >= 0.6 is 0 Å². The predicted molar refractivity (Wildman–Crippen MR) is 96.2 cm³/mol. The Morgan fingerprint density at radius 3 is 2.17 bits per heavy atom. The highest BCUT2D eigenvalue weighted by Crippen LogP contribution is 2.29. The zero-order valence-corrected chi connectivity index (χ0v) is 15.9. The van der Waals surface area contributed by atoms with E-state index in [2.05, 4.69) is 0 Å². The predicted octanol–water partition coefficient (Wildman–Crippen LogP) is -2.15. The minimum absolute atomic E-state index is 0.151. The molecule has 0 saturated carbocycles. The fourth-order valence-electron chi connectivity index (χ4n) is 3.38. The first-order chi connectivity index (χ1) is 13.8. The average Bonchev–Trinajstić information content (AvgIpc) is 2.73. The molecule has 0 amide bonds. The van der Waals surface area contributed by atoms with Gasteiger partial charge in [0, 0.05) is 0 Å². The molecular formula is C19H28O10. The number of benzene rings is 1. The summed E-state index contributed by atoms with van der Waals surface area (Å²) in [4.78, 5) is 0. The third kappa shape index (κ3) is 4.94. The van der Waals surface area contributed by atoms with Crippen molar-refractivity contribution in [3.8, 4) is 0 Å². The van der Waals surface area contributed by atoms with Crippen molar-refractivity contribution < 1.29 is 49.6 Å². The maximum absolute atomic E-state index is 10.6. The summed E-state index contributed by atoms with van der Waals surface area (Å²) in [5.41, 5.74) is 0.855. The summed E-state index contributed by atoms with van der Waals surface area (Å²) in [6.45, 7) is 1.10. The van der Waals surface area contributed by atoms with Crippen molar-refractivity contribution in [1.29, 1.82) is 0 Å². The Hall–Kier alpha value is -1.18. The van der Waals surface area contributed by atoms with Crippen LogP contribution < -0.4 is 0 Å². The second-order valence-corrected chi connectivity index (χ2v) is 7.29. The first kappa shape index (κ1) is 22.5. The summed E-state index contributed by atoms with van der Waals surface area (Å²) in [5.74, 6) is 0. The Labute approximate surface area is 167 Å². The maximum atomic E-state index is 10.6. The first-order valence-electron chi connectivity index (χ1n) is 9.46. The molecule has 29 heavy (non-hydrogen) atoms. The van der Waals surface area contributed by atoms with Gasteiger partial charge in [-0.05, 0) is 12.5 Å². The number of hydrogen-bond acceptors (Lipinski definition) is 10. The molecule has 1 aromatic carbocycles. The zero-order chi connectivity index (χ0) is 21.1. The molecule has 0 unspecified atom stereocenters. The molecule has 6 N–H and O–H groups in total. The Morgan fingerprint density at radius 2 is 1.52 bits per heavy atom. The van der Waals surface area contributed by atoms with Gasteiger partial charge in [-0.25, -0.2) is 0 Å². The van der Waals surface area contributed by atoms with Crippen molar-refractivity contribution in [2.75, 3.05) is 6.61 Å². The smallest absolute Gasteiger partial charge is 0.187 e. The summed E-state index contributed by atoms with van der Waals surface area (Å²) in [7, 11) is 0. The molecule has 0 aromatic heterocycles. The molecule has 1 aromatic rings. The number of hydrogen-bond donors (Lipinski definition) is 6. The fraction of sp³-hybridized carbons (Fsp3) is 0.684. The van der Waals surface area contributed by atoms with E-state index < -0.39 is 68.0 Å². The van der Waals surface area contributed by atoms with Gasteiger partial charge in [0.25, 0.3) is 0 Å². The Morgan fingerprint density at radius 1 is 0.828 bits per heavy atom. The van der Waals surface area contributed by atoms with E-state index in [9.17, 15) is 30.6 Å². The van der Waals surface area contributed by atoms with E-state index in [0.717, 1.165) is 5.56 Å². The van der Waals surface area contributed by atoms with Crippen LogP contribution in [0.2, 0.25) is 0 Å². The van der Waals surface area contributed by atoms with Crippen LogP contribution in [0.25, 0.3) is 0 Å². The fourth-order valence-corrected chi connectivity index (χ4v) is 3.38. The summed E-state index contributed by atoms with van der Waals surface area (Å²) in [6.07, 6.45) is -13.4. The number of aliphatic hydroxyl groups excluding tert-OH is 6. The van der Waals surface area contributed by atoms with E-state index in [1.165, 1.54) is 0 Å². The van der Waals surface area contributed by atoms with Crippen LogP contribution in [0.15, 0.2) is 30.3 Å². The largest absolute Gasteiger partial charge is 0.394 e. The van der Waals surface area contributed by atoms with Crippen molar-refractivity contribution >= 4 is 0 Å². The summed E-state index contributed by atoms with van der Waals surface area (Å²) < 4.78 is 22.0. The molecule has 0 radical (unpaired) electrons. The van der Waals surface area contributed by atoms with Crippen LogP contribution in [0, 0.1) is 0 Å². The van der Waals surface area contributed by atoms with E-state index >= 15 is 0 Å². The third-order valence-electron chi connectivity index (χ3n) is 5.18. The number of ether oxygens (including phenoxy) is 4. The highest BCUT2D eigenvalue weighted by atomic mass is 16.7. The minimum atomic E-state index is -1.66. The van der Waals surface area contributed by atoms with Gasteiger partial charge in [-0.1, -0.05) is 30.3 Å². The lowest BCUT2D eigenvalue weighted by molar-refractivity contribution is -0.358. The van der Waals surface area contributed by atoms with E-state index in [1.54, 1.807) is 6.92 Å². The van der Waals surface area contributed by atoms with Crippen LogP contribution in [0.1, 0.15) is 12.5 Å². The van der Waals surface area contributed by atoms with Gasteiger partial charge in [-0.2, -0.15) is 0 Å². The molecule has 2 fully saturated rings. The van der Waals surface area contributed by atoms with Gasteiger partial charge in [0.1, 0.15) is 42.7 Å². The third-order valence-corrected chi connectivity index (χ3v) is 5.18. The van der Waals surface area contributed by atoms with Gasteiger partial charge in [0.2, 0.25) is 0 Å². The van der Waals surface area contributed by atoms with Gasteiger partial charge < -0.3 is 49.6 Å². The van der Waals surface area contributed by atoms with E-state index in [0.29, 0.717) is 0 Å². The van der Waals surface area contributed by atoms with Crippen molar-refractivity contribution in [1.82, 2.24) is 0 Å². The monoisotopic (exact) mass is 416 g/mol. The summed E-state index contributed by atoms with van der Waals surface area (Å²) >= 11 is 0. The quantitative estimate of drug-likeness (QED) is 0.302. The molecular weight excluding hydrogens is 388 g/mol. The normalized spacial score (nSPS) is 43.3. The van der Waals surface area contributed by atoms with Crippen LogP contribution in [-0.2, 0) is 25.6 Å². The molecule has 0 bridgehead atoms. The lowest BCUT2D eigenvalue weighted by atomic mass is 9.97. The lowest BCUT2D eigenvalue weighted by Gasteiger charge is -2.45. The van der Waals surface area contributed by atoms with Gasteiger partial charge in [-0.3, -0.25) is 0 Å².